The van der Waals surface area contributed by atoms with Gasteiger partial charge in [-0.3, -0.25) is 4.68 Å². The van der Waals surface area contributed by atoms with Crippen LogP contribution >= 0.6 is 0 Å². The standard InChI is InChI=1S/C25H24F3N5O2/c1-16-13-32(14-29-16)21-7-5-17(10-23(21)35-2)6-8-24-30-15-33(31-24)9-3-4-22(34)18-11-19(26)25(28)20(27)12-18/h5-8,10-15,22,34H,3-4,9H2,1-2H3/b8-6+/t22-/m0/s1. The highest BCUT2D eigenvalue weighted by atomic mass is 19.2. The van der Waals surface area contributed by atoms with Crippen molar-refractivity contribution in [2.45, 2.75) is 32.4 Å². The van der Waals surface area contributed by atoms with E-state index in [-0.39, 0.29) is 12.0 Å². The molecule has 0 fully saturated rings. The maximum Gasteiger partial charge on any atom is 0.194 e. The molecule has 0 spiro atoms. The summed E-state index contributed by atoms with van der Waals surface area (Å²) in [6.45, 7) is 2.36. The molecule has 35 heavy (non-hydrogen) atoms. The third-order valence-electron chi connectivity index (χ3n) is 5.43. The quantitative estimate of drug-likeness (QED) is 0.343. The Kier molecular flexibility index (Phi) is 7.31. The molecule has 2 aromatic heterocycles. The average Bonchev–Trinajstić information content (AvgIpc) is 3.49. The highest BCUT2D eigenvalue weighted by molar-refractivity contribution is 5.68. The van der Waals surface area contributed by atoms with Gasteiger partial charge in [-0.1, -0.05) is 12.1 Å². The van der Waals surface area contributed by atoms with Gasteiger partial charge in [0, 0.05) is 12.7 Å². The largest absolute Gasteiger partial charge is 0.495 e. The molecule has 182 valence electrons. The Morgan fingerprint density at radius 1 is 1.06 bits per heavy atom. The van der Waals surface area contributed by atoms with E-state index >= 15 is 0 Å². The predicted molar refractivity (Wildman–Crippen MR) is 124 cm³/mol. The van der Waals surface area contributed by atoms with Gasteiger partial charge < -0.3 is 14.4 Å². The lowest BCUT2D eigenvalue weighted by Crippen LogP contribution is -2.05. The number of aliphatic hydroxyl groups is 1. The number of ether oxygens (including phenoxy) is 1. The van der Waals surface area contributed by atoms with Crippen LogP contribution in [0, 0.1) is 24.4 Å². The van der Waals surface area contributed by atoms with Gasteiger partial charge in [0.15, 0.2) is 23.3 Å². The van der Waals surface area contributed by atoms with E-state index in [4.69, 9.17) is 4.74 Å². The Morgan fingerprint density at radius 2 is 1.83 bits per heavy atom. The molecule has 0 saturated carbocycles. The van der Waals surface area contributed by atoms with E-state index in [2.05, 4.69) is 15.1 Å². The van der Waals surface area contributed by atoms with Crippen LogP contribution in [0.1, 0.15) is 41.6 Å². The van der Waals surface area contributed by atoms with E-state index in [1.54, 1.807) is 30.5 Å². The van der Waals surface area contributed by atoms with Gasteiger partial charge in [-0.05, 0) is 61.2 Å². The molecule has 1 N–H and O–H groups in total. The summed E-state index contributed by atoms with van der Waals surface area (Å²) in [5.74, 6) is -3.00. The second-order valence-electron chi connectivity index (χ2n) is 8.01. The van der Waals surface area contributed by atoms with Crippen molar-refractivity contribution in [2.75, 3.05) is 7.11 Å². The predicted octanol–water partition coefficient (Wildman–Crippen LogP) is 4.88. The van der Waals surface area contributed by atoms with E-state index in [1.165, 1.54) is 0 Å². The first kappa shape index (κ1) is 24.2. The Hall–Kier alpha value is -3.92. The maximum atomic E-state index is 13.4. The number of aromatic nitrogens is 5. The highest BCUT2D eigenvalue weighted by Gasteiger charge is 2.15. The van der Waals surface area contributed by atoms with Crippen molar-refractivity contribution < 1.29 is 23.0 Å². The molecule has 0 bridgehead atoms. The van der Waals surface area contributed by atoms with E-state index < -0.39 is 23.6 Å². The van der Waals surface area contributed by atoms with Crippen LogP contribution in [-0.4, -0.2) is 36.5 Å². The minimum Gasteiger partial charge on any atom is -0.495 e. The lowest BCUT2D eigenvalue weighted by atomic mass is 10.0. The van der Waals surface area contributed by atoms with Crippen LogP contribution < -0.4 is 4.74 Å². The Morgan fingerprint density at radius 3 is 2.51 bits per heavy atom. The van der Waals surface area contributed by atoms with Gasteiger partial charge in [0.25, 0.3) is 0 Å². The van der Waals surface area contributed by atoms with Gasteiger partial charge in [0.05, 0.1) is 30.9 Å². The molecule has 0 radical (unpaired) electrons. The van der Waals surface area contributed by atoms with Crippen LogP contribution in [0.5, 0.6) is 5.75 Å². The molecule has 1 atom stereocenters. The minimum absolute atomic E-state index is 0.00627. The number of methoxy groups -OCH3 is 1. The number of aliphatic hydroxyl groups excluding tert-OH is 1. The molecule has 4 rings (SSSR count). The number of rotatable bonds is 9. The normalized spacial score (nSPS) is 12.4. The number of imidazole rings is 1. The summed E-state index contributed by atoms with van der Waals surface area (Å²) in [4.78, 5) is 8.49. The number of nitrogens with zero attached hydrogens (tertiary/aromatic N) is 5. The van der Waals surface area contributed by atoms with Gasteiger partial charge >= 0.3 is 0 Å². The molecule has 4 aromatic rings. The monoisotopic (exact) mass is 483 g/mol. The van der Waals surface area contributed by atoms with E-state index in [0.717, 1.165) is 29.1 Å². The fourth-order valence-electron chi connectivity index (χ4n) is 3.61. The zero-order chi connectivity index (χ0) is 24.9. The Balaban J connectivity index is 1.34. The van der Waals surface area contributed by atoms with Crippen molar-refractivity contribution in [3.05, 3.63) is 89.3 Å². The van der Waals surface area contributed by atoms with Crippen molar-refractivity contribution >= 4 is 12.2 Å². The molecule has 0 saturated heterocycles. The summed E-state index contributed by atoms with van der Waals surface area (Å²) < 4.78 is 48.8. The molecule has 0 amide bonds. The van der Waals surface area contributed by atoms with Gasteiger partial charge in [0.1, 0.15) is 12.1 Å². The molecular formula is C25H24F3N5O2. The van der Waals surface area contributed by atoms with Crippen molar-refractivity contribution in [3.63, 3.8) is 0 Å². The van der Waals surface area contributed by atoms with Gasteiger partial charge in [0.2, 0.25) is 0 Å². The highest BCUT2D eigenvalue weighted by Crippen LogP contribution is 2.26. The van der Waals surface area contributed by atoms with Crippen LogP contribution in [0.25, 0.3) is 17.8 Å². The van der Waals surface area contributed by atoms with Crippen molar-refractivity contribution in [1.29, 1.82) is 0 Å². The molecule has 2 aromatic carbocycles. The first-order valence-corrected chi connectivity index (χ1v) is 10.9. The van der Waals surface area contributed by atoms with Crippen LogP contribution in [0.3, 0.4) is 0 Å². The first-order chi connectivity index (χ1) is 16.8. The smallest absolute Gasteiger partial charge is 0.194 e. The SMILES string of the molecule is COc1cc(/C=C/c2ncn(CCC[C@H](O)c3cc(F)c(F)c(F)c3)n2)ccc1-n1cnc(C)c1. The maximum absolute atomic E-state index is 13.4. The Bertz CT molecular complexity index is 1330. The van der Waals surface area contributed by atoms with Crippen LogP contribution in [0.15, 0.2) is 49.2 Å². The zero-order valence-electron chi connectivity index (χ0n) is 19.2. The second-order valence-corrected chi connectivity index (χ2v) is 8.01. The molecule has 7 nitrogen and oxygen atoms in total. The van der Waals surface area contributed by atoms with E-state index in [0.29, 0.717) is 24.5 Å². The third kappa shape index (κ3) is 5.78. The summed E-state index contributed by atoms with van der Waals surface area (Å²) in [6.07, 6.45) is 8.42. The van der Waals surface area contributed by atoms with Crippen molar-refractivity contribution in [1.82, 2.24) is 24.3 Å². The minimum atomic E-state index is -1.55. The topological polar surface area (TPSA) is 78.0 Å². The van der Waals surface area contributed by atoms with Gasteiger partial charge in [-0.25, -0.2) is 23.1 Å². The summed E-state index contributed by atoms with van der Waals surface area (Å²) in [5.41, 5.74) is 2.68. The fraction of sp³-hybridized carbons (Fsp3) is 0.240. The Labute approximate surface area is 200 Å². The fourth-order valence-corrected chi connectivity index (χ4v) is 3.61. The molecule has 2 heterocycles. The number of hydrogen-bond acceptors (Lipinski definition) is 5. The molecule has 0 aliphatic heterocycles. The number of hydrogen-bond donors (Lipinski definition) is 1. The van der Waals surface area contributed by atoms with E-state index in [1.807, 2.05) is 42.0 Å². The third-order valence-corrected chi connectivity index (χ3v) is 5.43. The molecular weight excluding hydrogens is 459 g/mol. The zero-order valence-corrected chi connectivity index (χ0v) is 19.2. The number of halogens is 3. The van der Waals surface area contributed by atoms with Crippen LogP contribution in [-0.2, 0) is 6.54 Å². The number of aryl methyl sites for hydroxylation is 2. The molecule has 10 heteroatoms. The summed E-state index contributed by atoms with van der Waals surface area (Å²) in [5, 5.41) is 14.5. The van der Waals surface area contributed by atoms with Gasteiger partial charge in [-0.15, -0.1) is 0 Å². The molecule has 0 aliphatic carbocycles. The molecule has 0 unspecified atom stereocenters. The summed E-state index contributed by atoms with van der Waals surface area (Å²) >= 11 is 0. The summed E-state index contributed by atoms with van der Waals surface area (Å²) in [6, 6.07) is 7.40. The summed E-state index contributed by atoms with van der Waals surface area (Å²) in [7, 11) is 1.61. The lowest BCUT2D eigenvalue weighted by molar-refractivity contribution is 0.161. The van der Waals surface area contributed by atoms with Gasteiger partial charge in [-0.2, -0.15) is 5.10 Å². The van der Waals surface area contributed by atoms with Crippen LogP contribution in [0.4, 0.5) is 13.2 Å². The second kappa shape index (κ2) is 10.6. The number of benzene rings is 2. The lowest BCUT2D eigenvalue weighted by Gasteiger charge is -2.11. The van der Waals surface area contributed by atoms with Crippen molar-refractivity contribution in [2.24, 2.45) is 0 Å². The van der Waals surface area contributed by atoms with Crippen molar-refractivity contribution in [3.8, 4) is 11.4 Å². The molecule has 0 aliphatic rings. The first-order valence-electron chi connectivity index (χ1n) is 10.9. The van der Waals surface area contributed by atoms with Crippen LogP contribution in [0.2, 0.25) is 0 Å². The van der Waals surface area contributed by atoms with E-state index in [9.17, 15) is 18.3 Å². The average molecular weight is 483 g/mol.